The number of imidazole rings is 1. The van der Waals surface area contributed by atoms with E-state index in [9.17, 15) is 4.79 Å². The number of rotatable bonds is 6. The molecule has 5 heteroatoms. The van der Waals surface area contributed by atoms with Crippen molar-refractivity contribution in [3.8, 4) is 5.75 Å². The summed E-state index contributed by atoms with van der Waals surface area (Å²) < 4.78 is 7.72. The monoisotopic (exact) mass is 351 g/mol. The standard InChI is InChI=1S/C21H25N3O2/c1-15-6-8-19(17(3)12-15)26-11-5-10-23(4)21(25)18-14-24-13-16(2)7-9-20(24)22-18/h6-9,12-14H,5,10-11H2,1-4H3. The fraction of sp³-hybridized carbons (Fsp3) is 0.333. The molecule has 0 bridgehead atoms. The van der Waals surface area contributed by atoms with Crippen LogP contribution in [0.25, 0.3) is 5.65 Å². The quantitative estimate of drug-likeness (QED) is 0.635. The summed E-state index contributed by atoms with van der Waals surface area (Å²) in [6, 6.07) is 10.1. The second-order valence-electron chi connectivity index (χ2n) is 6.80. The van der Waals surface area contributed by atoms with E-state index >= 15 is 0 Å². The minimum atomic E-state index is -0.0714. The number of amides is 1. The normalized spacial score (nSPS) is 10.9. The molecule has 2 aromatic heterocycles. The summed E-state index contributed by atoms with van der Waals surface area (Å²) in [6.07, 6.45) is 4.52. The summed E-state index contributed by atoms with van der Waals surface area (Å²) >= 11 is 0. The zero-order valence-corrected chi connectivity index (χ0v) is 15.8. The molecule has 5 nitrogen and oxygen atoms in total. The molecule has 1 aromatic carbocycles. The fourth-order valence-corrected chi connectivity index (χ4v) is 2.95. The first kappa shape index (κ1) is 18.0. The van der Waals surface area contributed by atoms with Gasteiger partial charge in [0.2, 0.25) is 0 Å². The Kier molecular flexibility index (Phi) is 5.26. The minimum Gasteiger partial charge on any atom is -0.493 e. The van der Waals surface area contributed by atoms with Crippen molar-refractivity contribution in [3.63, 3.8) is 0 Å². The summed E-state index contributed by atoms with van der Waals surface area (Å²) in [5.41, 5.74) is 4.74. The van der Waals surface area contributed by atoms with Crippen molar-refractivity contribution in [1.29, 1.82) is 0 Å². The van der Waals surface area contributed by atoms with Gasteiger partial charge < -0.3 is 14.0 Å². The number of fused-ring (bicyclic) bond motifs is 1. The predicted molar refractivity (Wildman–Crippen MR) is 103 cm³/mol. The summed E-state index contributed by atoms with van der Waals surface area (Å²) in [7, 11) is 1.80. The Morgan fingerprint density at radius 2 is 1.88 bits per heavy atom. The molecule has 3 rings (SSSR count). The molecule has 26 heavy (non-hydrogen) atoms. The molecule has 0 saturated carbocycles. The Labute approximate surface area is 154 Å². The van der Waals surface area contributed by atoms with Crippen molar-refractivity contribution in [1.82, 2.24) is 14.3 Å². The second-order valence-corrected chi connectivity index (χ2v) is 6.80. The molecule has 0 aliphatic carbocycles. The maximum absolute atomic E-state index is 12.6. The topological polar surface area (TPSA) is 46.8 Å². The van der Waals surface area contributed by atoms with E-state index in [1.165, 1.54) is 5.56 Å². The largest absolute Gasteiger partial charge is 0.493 e. The molecule has 0 aliphatic rings. The van der Waals surface area contributed by atoms with Gasteiger partial charge in [-0.2, -0.15) is 0 Å². The van der Waals surface area contributed by atoms with Gasteiger partial charge in [0.15, 0.2) is 0 Å². The predicted octanol–water partition coefficient (Wildman–Crippen LogP) is 3.80. The van der Waals surface area contributed by atoms with E-state index in [-0.39, 0.29) is 5.91 Å². The van der Waals surface area contributed by atoms with Crippen LogP contribution in [0.2, 0.25) is 0 Å². The molecule has 0 unspecified atom stereocenters. The van der Waals surface area contributed by atoms with E-state index in [0.29, 0.717) is 18.8 Å². The molecule has 2 heterocycles. The Hall–Kier alpha value is -2.82. The number of aromatic nitrogens is 2. The zero-order chi connectivity index (χ0) is 18.7. The molecule has 0 spiro atoms. The number of carbonyl (C=O) groups is 1. The van der Waals surface area contributed by atoms with Crippen molar-refractivity contribution < 1.29 is 9.53 Å². The fourth-order valence-electron chi connectivity index (χ4n) is 2.95. The smallest absolute Gasteiger partial charge is 0.273 e. The first-order chi connectivity index (χ1) is 12.4. The maximum atomic E-state index is 12.6. The van der Waals surface area contributed by atoms with Crippen LogP contribution in [-0.2, 0) is 0 Å². The van der Waals surface area contributed by atoms with Crippen LogP contribution in [0.5, 0.6) is 5.75 Å². The van der Waals surface area contributed by atoms with Gasteiger partial charge >= 0.3 is 0 Å². The number of hydrogen-bond donors (Lipinski definition) is 0. The van der Waals surface area contributed by atoms with Crippen LogP contribution in [0.15, 0.2) is 42.7 Å². The minimum absolute atomic E-state index is 0.0714. The summed E-state index contributed by atoms with van der Waals surface area (Å²) in [6.45, 7) is 7.33. The number of nitrogens with zero attached hydrogens (tertiary/aromatic N) is 3. The molecule has 0 saturated heterocycles. The van der Waals surface area contributed by atoms with Gasteiger partial charge in [-0.1, -0.05) is 23.8 Å². The van der Waals surface area contributed by atoms with Crippen molar-refractivity contribution in [2.75, 3.05) is 20.2 Å². The van der Waals surface area contributed by atoms with Crippen LogP contribution in [0, 0.1) is 20.8 Å². The van der Waals surface area contributed by atoms with Gasteiger partial charge in [0, 0.05) is 26.0 Å². The van der Waals surface area contributed by atoms with Crippen LogP contribution in [0.4, 0.5) is 0 Å². The molecule has 0 atom stereocenters. The van der Waals surface area contributed by atoms with Gasteiger partial charge in [-0.15, -0.1) is 0 Å². The Balaban J connectivity index is 1.53. The molecule has 0 N–H and O–H groups in total. The highest BCUT2D eigenvalue weighted by molar-refractivity contribution is 5.92. The Morgan fingerprint density at radius 3 is 2.65 bits per heavy atom. The van der Waals surface area contributed by atoms with Gasteiger partial charge in [-0.3, -0.25) is 4.79 Å². The lowest BCUT2D eigenvalue weighted by Crippen LogP contribution is -2.29. The molecule has 0 fully saturated rings. The molecular weight excluding hydrogens is 326 g/mol. The van der Waals surface area contributed by atoms with Gasteiger partial charge in [-0.05, 0) is 50.5 Å². The SMILES string of the molecule is Cc1ccc(OCCCN(C)C(=O)c2cn3cc(C)ccc3n2)c(C)c1. The van der Waals surface area contributed by atoms with Crippen molar-refractivity contribution >= 4 is 11.6 Å². The summed E-state index contributed by atoms with van der Waals surface area (Å²) in [4.78, 5) is 18.7. The highest BCUT2D eigenvalue weighted by atomic mass is 16.5. The summed E-state index contributed by atoms with van der Waals surface area (Å²) in [5.74, 6) is 0.832. The summed E-state index contributed by atoms with van der Waals surface area (Å²) in [5, 5.41) is 0. The number of ether oxygens (including phenoxy) is 1. The molecule has 0 aliphatic heterocycles. The van der Waals surface area contributed by atoms with Gasteiger partial charge in [0.05, 0.1) is 6.61 Å². The highest BCUT2D eigenvalue weighted by Crippen LogP contribution is 2.18. The van der Waals surface area contributed by atoms with E-state index in [1.807, 2.05) is 48.7 Å². The van der Waals surface area contributed by atoms with Gasteiger partial charge in [0.25, 0.3) is 5.91 Å². The van der Waals surface area contributed by atoms with E-state index in [1.54, 1.807) is 18.1 Å². The Bertz CT molecular complexity index is 930. The Morgan fingerprint density at radius 1 is 1.12 bits per heavy atom. The average Bonchev–Trinajstić information content (AvgIpc) is 3.02. The first-order valence-electron chi connectivity index (χ1n) is 8.85. The second kappa shape index (κ2) is 7.60. The lowest BCUT2D eigenvalue weighted by molar-refractivity contribution is 0.0782. The van der Waals surface area contributed by atoms with Crippen LogP contribution in [0.1, 0.15) is 33.6 Å². The zero-order valence-electron chi connectivity index (χ0n) is 15.8. The molecular formula is C21H25N3O2. The first-order valence-corrected chi connectivity index (χ1v) is 8.85. The van der Waals surface area contributed by atoms with Crippen molar-refractivity contribution in [2.45, 2.75) is 27.2 Å². The van der Waals surface area contributed by atoms with E-state index in [4.69, 9.17) is 4.74 Å². The number of pyridine rings is 1. The maximum Gasteiger partial charge on any atom is 0.273 e. The van der Waals surface area contributed by atoms with Gasteiger partial charge in [-0.25, -0.2) is 4.98 Å². The van der Waals surface area contributed by atoms with Crippen LogP contribution in [-0.4, -0.2) is 40.4 Å². The lowest BCUT2D eigenvalue weighted by Gasteiger charge is -2.16. The van der Waals surface area contributed by atoms with E-state index in [0.717, 1.165) is 28.9 Å². The number of benzene rings is 1. The van der Waals surface area contributed by atoms with Crippen LogP contribution >= 0.6 is 0 Å². The third-order valence-electron chi connectivity index (χ3n) is 4.39. The third kappa shape index (κ3) is 4.04. The van der Waals surface area contributed by atoms with E-state index in [2.05, 4.69) is 18.0 Å². The van der Waals surface area contributed by atoms with Crippen molar-refractivity contribution in [2.24, 2.45) is 0 Å². The van der Waals surface area contributed by atoms with E-state index < -0.39 is 0 Å². The highest BCUT2D eigenvalue weighted by Gasteiger charge is 2.15. The lowest BCUT2D eigenvalue weighted by atomic mass is 10.1. The molecule has 1 amide bonds. The average molecular weight is 351 g/mol. The van der Waals surface area contributed by atoms with Gasteiger partial charge in [0.1, 0.15) is 17.1 Å². The molecule has 3 aromatic rings. The van der Waals surface area contributed by atoms with Crippen molar-refractivity contribution in [3.05, 3.63) is 65.1 Å². The van der Waals surface area contributed by atoms with Crippen LogP contribution in [0.3, 0.4) is 0 Å². The number of hydrogen-bond acceptors (Lipinski definition) is 3. The number of carbonyl (C=O) groups excluding carboxylic acids is 1. The third-order valence-corrected chi connectivity index (χ3v) is 4.39. The molecule has 136 valence electrons. The number of aryl methyl sites for hydroxylation is 3. The molecule has 0 radical (unpaired) electrons. The van der Waals surface area contributed by atoms with Crippen LogP contribution < -0.4 is 4.74 Å².